The summed E-state index contributed by atoms with van der Waals surface area (Å²) in [7, 11) is 3.26. The Balaban J connectivity index is 1.41. The van der Waals surface area contributed by atoms with Gasteiger partial charge >= 0.3 is 0 Å². The first-order valence-electron chi connectivity index (χ1n) is 12.7. The maximum absolute atomic E-state index is 6.40. The Morgan fingerprint density at radius 1 is 0.900 bits per heavy atom. The average molecular weight is 551 g/mol. The first-order valence-corrected chi connectivity index (χ1v) is 13.0. The molecule has 0 saturated heterocycles. The van der Waals surface area contributed by atoms with E-state index < -0.39 is 0 Å². The van der Waals surface area contributed by atoms with E-state index in [2.05, 4.69) is 28.3 Å². The molecule has 8 nitrogen and oxygen atoms in total. The van der Waals surface area contributed by atoms with Gasteiger partial charge in [0, 0.05) is 16.5 Å². The summed E-state index contributed by atoms with van der Waals surface area (Å²) in [5.74, 6) is 3.43. The Morgan fingerprint density at radius 3 is 2.55 bits per heavy atom. The van der Waals surface area contributed by atoms with Gasteiger partial charge in [-0.1, -0.05) is 48.0 Å². The Kier molecular flexibility index (Phi) is 5.90. The first kappa shape index (κ1) is 24.2. The smallest absolute Gasteiger partial charge is 0.228 e. The summed E-state index contributed by atoms with van der Waals surface area (Å²) in [5.41, 5.74) is 3.45. The van der Waals surface area contributed by atoms with Crippen molar-refractivity contribution in [1.82, 2.24) is 19.6 Å². The van der Waals surface area contributed by atoms with Gasteiger partial charge in [0.2, 0.25) is 5.88 Å². The van der Waals surface area contributed by atoms with Gasteiger partial charge in [-0.25, -0.2) is 14.5 Å². The molecule has 1 aliphatic rings. The van der Waals surface area contributed by atoms with Crippen LogP contribution >= 0.6 is 11.6 Å². The molecule has 0 saturated carbocycles. The molecule has 0 fully saturated rings. The number of hydrogen-bond donors (Lipinski definition) is 0. The lowest BCUT2D eigenvalue weighted by Gasteiger charge is -2.29. The monoisotopic (exact) mass is 550 g/mol. The molecule has 198 valence electrons. The fourth-order valence-corrected chi connectivity index (χ4v) is 5.38. The molecule has 1 aliphatic heterocycles. The Bertz CT molecular complexity index is 1890. The lowest BCUT2D eigenvalue weighted by Crippen LogP contribution is -2.15. The molecule has 0 radical (unpaired) electrons. The highest BCUT2D eigenvalue weighted by atomic mass is 35.5. The minimum absolute atomic E-state index is 0.180. The minimum atomic E-state index is -0.268. The molecule has 0 bridgehead atoms. The van der Waals surface area contributed by atoms with Gasteiger partial charge in [-0.2, -0.15) is 0 Å². The summed E-state index contributed by atoms with van der Waals surface area (Å²) < 4.78 is 25.2. The number of halogens is 1. The second-order valence-electron chi connectivity index (χ2n) is 9.35. The van der Waals surface area contributed by atoms with Crippen LogP contribution in [0.4, 0.5) is 0 Å². The molecule has 1 atom stereocenters. The molecule has 3 heterocycles. The van der Waals surface area contributed by atoms with Crippen LogP contribution in [0.3, 0.4) is 0 Å². The quantitative estimate of drug-likeness (QED) is 0.225. The molecule has 0 amide bonds. The predicted octanol–water partition coefficient (Wildman–Crippen LogP) is 6.81. The average Bonchev–Trinajstić information content (AvgIpc) is 3.42. The molecular formula is C31H23ClN4O4. The van der Waals surface area contributed by atoms with Crippen molar-refractivity contribution in [1.29, 1.82) is 0 Å². The van der Waals surface area contributed by atoms with Crippen LogP contribution in [0.25, 0.3) is 16.4 Å². The van der Waals surface area contributed by atoms with Crippen molar-refractivity contribution in [2.24, 2.45) is 0 Å². The van der Waals surface area contributed by atoms with Gasteiger partial charge in [-0.3, -0.25) is 0 Å². The minimum Gasteiger partial charge on any atom is -0.493 e. The topological polar surface area (TPSA) is 80.0 Å². The summed E-state index contributed by atoms with van der Waals surface area (Å²) in [6, 6.07) is 25.5. The molecule has 40 heavy (non-hydrogen) atoms. The SMILES string of the molecule is COc1ccc([C@@H]2c3c(ccc4ccccc34)Oc3ncn4nc(COc5ccc(Cl)cc5)nc4c32)cc1OC. The van der Waals surface area contributed by atoms with Gasteiger partial charge in [0.05, 0.1) is 19.8 Å². The van der Waals surface area contributed by atoms with E-state index in [1.54, 1.807) is 37.2 Å². The first-order chi connectivity index (χ1) is 19.6. The Labute approximate surface area is 234 Å². The zero-order chi connectivity index (χ0) is 27.2. The molecular weight excluding hydrogens is 528 g/mol. The number of benzene rings is 4. The predicted molar refractivity (Wildman–Crippen MR) is 151 cm³/mol. The number of methoxy groups -OCH3 is 2. The van der Waals surface area contributed by atoms with Crippen molar-refractivity contribution in [2.45, 2.75) is 12.5 Å². The fourth-order valence-electron chi connectivity index (χ4n) is 5.25. The molecule has 6 aromatic rings. The molecule has 4 aromatic carbocycles. The number of fused-ring (bicyclic) bond motifs is 6. The molecule has 2 aromatic heterocycles. The van der Waals surface area contributed by atoms with Crippen LogP contribution in [0, 0.1) is 0 Å². The van der Waals surface area contributed by atoms with Gasteiger partial charge in [0.25, 0.3) is 0 Å². The number of hydrogen-bond acceptors (Lipinski definition) is 7. The normalized spacial score (nSPS) is 13.9. The largest absolute Gasteiger partial charge is 0.493 e. The zero-order valence-corrected chi connectivity index (χ0v) is 22.4. The van der Waals surface area contributed by atoms with E-state index in [4.69, 9.17) is 35.5 Å². The third-order valence-electron chi connectivity index (χ3n) is 7.07. The zero-order valence-electron chi connectivity index (χ0n) is 21.7. The van der Waals surface area contributed by atoms with E-state index in [0.717, 1.165) is 33.2 Å². The Hall–Kier alpha value is -4.82. The maximum atomic E-state index is 6.40. The van der Waals surface area contributed by atoms with Crippen LogP contribution < -0.4 is 18.9 Å². The summed E-state index contributed by atoms with van der Waals surface area (Å²) in [4.78, 5) is 9.54. The highest BCUT2D eigenvalue weighted by Crippen LogP contribution is 2.51. The molecule has 0 spiro atoms. The Morgan fingerprint density at radius 2 is 1.73 bits per heavy atom. The van der Waals surface area contributed by atoms with Crippen LogP contribution in [0.5, 0.6) is 28.9 Å². The standard InChI is InChI=1S/C31H23ClN4O4/c1-37-23-13-8-19(15-25(23)38-2)27-28-22-6-4-3-5-18(22)7-14-24(28)40-31-29(27)30-34-26(35-36(30)17-33-31)16-39-21-11-9-20(32)10-12-21/h3-15,17,27H,16H2,1-2H3/t27-/m1/s1. The van der Waals surface area contributed by atoms with E-state index in [0.29, 0.717) is 39.6 Å². The van der Waals surface area contributed by atoms with E-state index in [9.17, 15) is 0 Å². The van der Waals surface area contributed by atoms with E-state index >= 15 is 0 Å². The van der Waals surface area contributed by atoms with Crippen LogP contribution in [0.15, 0.2) is 85.2 Å². The summed E-state index contributed by atoms with van der Waals surface area (Å²) >= 11 is 6.00. The lowest BCUT2D eigenvalue weighted by atomic mass is 9.81. The van der Waals surface area contributed by atoms with Crippen molar-refractivity contribution in [2.75, 3.05) is 14.2 Å². The van der Waals surface area contributed by atoms with Crippen molar-refractivity contribution in [3.8, 4) is 28.9 Å². The van der Waals surface area contributed by atoms with Gasteiger partial charge in [0.15, 0.2) is 23.0 Å². The third kappa shape index (κ3) is 4.04. The van der Waals surface area contributed by atoms with Crippen molar-refractivity contribution >= 4 is 28.0 Å². The van der Waals surface area contributed by atoms with Gasteiger partial charge in [-0.15, -0.1) is 5.10 Å². The van der Waals surface area contributed by atoms with Crippen LogP contribution in [-0.4, -0.2) is 33.8 Å². The van der Waals surface area contributed by atoms with E-state index in [1.165, 1.54) is 0 Å². The van der Waals surface area contributed by atoms with Crippen molar-refractivity contribution < 1.29 is 18.9 Å². The fraction of sp³-hybridized carbons (Fsp3) is 0.129. The second kappa shape index (κ2) is 9.73. The summed E-state index contributed by atoms with van der Waals surface area (Å²) in [5, 5.41) is 7.49. The molecule has 9 heteroatoms. The van der Waals surface area contributed by atoms with Gasteiger partial charge in [0.1, 0.15) is 24.4 Å². The van der Waals surface area contributed by atoms with Gasteiger partial charge in [-0.05, 0) is 58.8 Å². The lowest BCUT2D eigenvalue weighted by molar-refractivity contribution is 0.296. The summed E-state index contributed by atoms with van der Waals surface area (Å²) in [6.45, 7) is 0.180. The molecule has 7 rings (SSSR count). The molecule has 0 unspecified atom stereocenters. The van der Waals surface area contributed by atoms with Crippen LogP contribution in [0.2, 0.25) is 5.02 Å². The number of aromatic nitrogens is 4. The van der Waals surface area contributed by atoms with Crippen LogP contribution in [0.1, 0.15) is 28.4 Å². The molecule has 0 aliphatic carbocycles. The highest BCUT2D eigenvalue weighted by Gasteiger charge is 2.35. The van der Waals surface area contributed by atoms with Crippen LogP contribution in [-0.2, 0) is 6.61 Å². The number of rotatable bonds is 6. The highest BCUT2D eigenvalue weighted by molar-refractivity contribution is 6.30. The number of ether oxygens (including phenoxy) is 4. The maximum Gasteiger partial charge on any atom is 0.228 e. The second-order valence-corrected chi connectivity index (χ2v) is 9.79. The summed E-state index contributed by atoms with van der Waals surface area (Å²) in [6.07, 6.45) is 1.62. The number of nitrogens with zero attached hydrogens (tertiary/aromatic N) is 4. The van der Waals surface area contributed by atoms with Crippen molar-refractivity contribution in [3.05, 3.63) is 113 Å². The van der Waals surface area contributed by atoms with E-state index in [1.807, 2.05) is 48.5 Å². The van der Waals surface area contributed by atoms with E-state index in [-0.39, 0.29) is 12.5 Å². The third-order valence-corrected chi connectivity index (χ3v) is 7.32. The van der Waals surface area contributed by atoms with Gasteiger partial charge < -0.3 is 18.9 Å². The molecule has 0 N–H and O–H groups in total. The van der Waals surface area contributed by atoms with Crippen molar-refractivity contribution in [3.63, 3.8) is 0 Å².